The quantitative estimate of drug-likeness (QED) is 0.518. The molecule has 0 amide bonds. The zero-order valence-corrected chi connectivity index (χ0v) is 3.82. The third-order valence-electron chi connectivity index (χ3n) is 0.571. The molecule has 0 aliphatic rings. The number of hydrogen-bond acceptors (Lipinski definition) is 1. The normalized spacial score (nSPS) is 11.3. The molecule has 0 atom stereocenters. The van der Waals surface area contributed by atoms with Gasteiger partial charge in [-0.3, -0.25) is 0 Å². The first-order valence-electron chi connectivity index (χ1n) is 1.84. The summed E-state index contributed by atoms with van der Waals surface area (Å²) in [4.78, 5) is 0. The topological polar surface area (TPSA) is 26.0 Å². The highest BCUT2D eigenvalue weighted by Crippen LogP contribution is 2.10. The Kier molecular flexibility index (Phi) is 1.90. The minimum Gasteiger partial charge on any atom is -0.325 e. The zero-order chi connectivity index (χ0) is 5.91. The predicted molar refractivity (Wildman–Crippen MR) is 24.2 cm³/mol. The lowest BCUT2D eigenvalue weighted by Crippen LogP contribution is -2.24. The maximum Gasteiger partial charge on any atom is 0.278 e. The van der Waals surface area contributed by atoms with Gasteiger partial charge in [0.1, 0.15) is 0 Å². The molecule has 0 aliphatic carbocycles. The Morgan fingerprint density at radius 1 is 1.71 bits per heavy atom. The van der Waals surface area contributed by atoms with Gasteiger partial charge in [0.05, 0.1) is 6.54 Å². The van der Waals surface area contributed by atoms with Crippen LogP contribution in [0.25, 0.3) is 0 Å². The van der Waals surface area contributed by atoms with Gasteiger partial charge in [0, 0.05) is 0 Å². The average Bonchev–Trinajstić information content (AvgIpc) is 1.68. The zero-order valence-electron chi connectivity index (χ0n) is 3.82. The molecule has 7 heavy (non-hydrogen) atoms. The van der Waals surface area contributed by atoms with E-state index in [4.69, 9.17) is 0 Å². The van der Waals surface area contributed by atoms with Crippen molar-refractivity contribution >= 4 is 0 Å². The van der Waals surface area contributed by atoms with Gasteiger partial charge in [-0.1, -0.05) is 6.58 Å². The van der Waals surface area contributed by atoms with Crippen molar-refractivity contribution in [2.24, 2.45) is 5.73 Å². The van der Waals surface area contributed by atoms with Crippen LogP contribution in [0.1, 0.15) is 0 Å². The lowest BCUT2D eigenvalue weighted by Gasteiger charge is -2.04. The average molecular weight is 107 g/mol. The Balaban J connectivity index is 3.58. The van der Waals surface area contributed by atoms with Gasteiger partial charge in [-0.25, -0.2) is 8.78 Å². The summed E-state index contributed by atoms with van der Waals surface area (Å²) in [5, 5.41) is 0. The maximum absolute atomic E-state index is 11.6. The molecule has 0 radical (unpaired) electrons. The van der Waals surface area contributed by atoms with E-state index >= 15 is 0 Å². The van der Waals surface area contributed by atoms with Gasteiger partial charge in [0.15, 0.2) is 0 Å². The lowest BCUT2D eigenvalue weighted by molar-refractivity contribution is 0.0657. The molecule has 1 nitrogen and oxygen atoms in total. The van der Waals surface area contributed by atoms with Crippen LogP contribution in [0, 0.1) is 0 Å². The summed E-state index contributed by atoms with van der Waals surface area (Å²) in [6.45, 7) is 2.22. The molecule has 2 N–H and O–H groups in total. The third-order valence-corrected chi connectivity index (χ3v) is 0.571. The minimum absolute atomic E-state index is 0.535. The molecule has 0 unspecified atom stereocenters. The number of nitrogens with two attached hydrogens (primary N) is 1. The molecule has 0 spiro atoms. The van der Waals surface area contributed by atoms with E-state index in [2.05, 4.69) is 12.3 Å². The molecule has 0 aromatic heterocycles. The SMILES string of the molecule is C=CC(F)(F)CN. The van der Waals surface area contributed by atoms with Gasteiger partial charge in [0.2, 0.25) is 0 Å². The van der Waals surface area contributed by atoms with Crippen molar-refractivity contribution < 1.29 is 8.78 Å². The fourth-order valence-corrected chi connectivity index (χ4v) is 0.0833. The Bertz CT molecular complexity index is 70.1. The first kappa shape index (κ1) is 6.56. The van der Waals surface area contributed by atoms with Crippen molar-refractivity contribution in [3.05, 3.63) is 12.7 Å². The second-order valence-electron chi connectivity index (χ2n) is 1.17. The fourth-order valence-electron chi connectivity index (χ4n) is 0.0833. The Morgan fingerprint density at radius 2 is 2.14 bits per heavy atom. The Labute approximate surface area is 40.8 Å². The van der Waals surface area contributed by atoms with E-state index in [-0.39, 0.29) is 0 Å². The molecule has 3 heteroatoms. The highest BCUT2D eigenvalue weighted by molar-refractivity contribution is 4.87. The van der Waals surface area contributed by atoms with Gasteiger partial charge in [0.25, 0.3) is 5.92 Å². The highest BCUT2D eigenvalue weighted by atomic mass is 19.3. The van der Waals surface area contributed by atoms with Crippen LogP contribution < -0.4 is 5.73 Å². The van der Waals surface area contributed by atoms with Gasteiger partial charge >= 0.3 is 0 Å². The van der Waals surface area contributed by atoms with Crippen molar-refractivity contribution in [3.8, 4) is 0 Å². The monoisotopic (exact) mass is 107 g/mol. The van der Waals surface area contributed by atoms with E-state index in [1.54, 1.807) is 0 Å². The van der Waals surface area contributed by atoms with E-state index < -0.39 is 12.5 Å². The largest absolute Gasteiger partial charge is 0.325 e. The fraction of sp³-hybridized carbons (Fsp3) is 0.500. The van der Waals surface area contributed by atoms with Crippen molar-refractivity contribution in [2.75, 3.05) is 6.54 Å². The molecule has 0 rings (SSSR count). The van der Waals surface area contributed by atoms with Crippen LogP contribution >= 0.6 is 0 Å². The summed E-state index contributed by atoms with van der Waals surface area (Å²) in [6.07, 6.45) is 0.535. The smallest absolute Gasteiger partial charge is 0.278 e. The summed E-state index contributed by atoms with van der Waals surface area (Å²) in [7, 11) is 0. The summed E-state index contributed by atoms with van der Waals surface area (Å²) < 4.78 is 23.3. The summed E-state index contributed by atoms with van der Waals surface area (Å²) in [5.41, 5.74) is 4.60. The van der Waals surface area contributed by atoms with Crippen molar-refractivity contribution in [3.63, 3.8) is 0 Å². The number of rotatable bonds is 2. The minimum atomic E-state index is -2.88. The second-order valence-corrected chi connectivity index (χ2v) is 1.17. The molecule has 0 heterocycles. The van der Waals surface area contributed by atoms with Crippen LogP contribution in [-0.2, 0) is 0 Å². The lowest BCUT2D eigenvalue weighted by atomic mass is 10.3. The van der Waals surface area contributed by atoms with E-state index in [9.17, 15) is 8.78 Å². The van der Waals surface area contributed by atoms with Gasteiger partial charge < -0.3 is 5.73 Å². The maximum atomic E-state index is 11.6. The molecule has 0 aliphatic heterocycles. The molecule has 0 fully saturated rings. The van der Waals surface area contributed by atoms with Gasteiger partial charge in [-0.15, -0.1) is 0 Å². The first-order chi connectivity index (χ1) is 3.12. The molecule has 0 aromatic rings. The molecular formula is C4H7F2N. The third kappa shape index (κ3) is 2.28. The van der Waals surface area contributed by atoms with Crippen LogP contribution in [0.5, 0.6) is 0 Å². The summed E-state index contributed by atoms with van der Waals surface area (Å²) in [6, 6.07) is 0. The van der Waals surface area contributed by atoms with Crippen molar-refractivity contribution in [1.29, 1.82) is 0 Å². The summed E-state index contributed by atoms with van der Waals surface area (Å²) >= 11 is 0. The van der Waals surface area contributed by atoms with E-state index in [1.165, 1.54) is 0 Å². The number of hydrogen-bond donors (Lipinski definition) is 1. The number of alkyl halides is 2. The van der Waals surface area contributed by atoms with E-state index in [0.717, 1.165) is 0 Å². The standard InChI is InChI=1S/C4H7F2N/c1-2-4(5,6)3-7/h2H,1,3,7H2. The molecule has 42 valence electrons. The van der Waals surface area contributed by atoms with Gasteiger partial charge in [-0.2, -0.15) is 0 Å². The number of halogens is 2. The van der Waals surface area contributed by atoms with Crippen LogP contribution in [0.4, 0.5) is 8.78 Å². The first-order valence-corrected chi connectivity index (χ1v) is 1.84. The van der Waals surface area contributed by atoms with Gasteiger partial charge in [-0.05, 0) is 6.08 Å². The molecule has 0 saturated carbocycles. The highest BCUT2D eigenvalue weighted by Gasteiger charge is 2.19. The molecular weight excluding hydrogens is 100 g/mol. The Hall–Kier alpha value is -0.440. The Morgan fingerprint density at radius 3 is 2.14 bits per heavy atom. The van der Waals surface area contributed by atoms with E-state index in [0.29, 0.717) is 6.08 Å². The predicted octanol–water partition coefficient (Wildman–Crippen LogP) is 0.766. The van der Waals surface area contributed by atoms with E-state index in [1.807, 2.05) is 0 Å². The van der Waals surface area contributed by atoms with Crippen LogP contribution in [-0.4, -0.2) is 12.5 Å². The van der Waals surface area contributed by atoms with Crippen molar-refractivity contribution in [1.82, 2.24) is 0 Å². The molecule has 0 aromatic carbocycles. The summed E-state index contributed by atoms with van der Waals surface area (Å²) in [5.74, 6) is -2.88. The van der Waals surface area contributed by atoms with Crippen LogP contribution in [0.15, 0.2) is 12.7 Å². The van der Waals surface area contributed by atoms with Crippen molar-refractivity contribution in [2.45, 2.75) is 5.92 Å². The van der Waals surface area contributed by atoms with Crippen LogP contribution in [0.2, 0.25) is 0 Å². The van der Waals surface area contributed by atoms with Crippen LogP contribution in [0.3, 0.4) is 0 Å². The second kappa shape index (κ2) is 2.02. The molecule has 0 saturated heterocycles. The molecule has 0 bridgehead atoms.